The van der Waals surface area contributed by atoms with Crippen molar-refractivity contribution in [3.8, 4) is 0 Å². The smallest absolute Gasteiger partial charge is 0.405 e. The molecule has 0 aliphatic heterocycles. The fourth-order valence-corrected chi connectivity index (χ4v) is 1.63. The van der Waals surface area contributed by atoms with E-state index in [9.17, 15) is 37.7 Å². The van der Waals surface area contributed by atoms with Gasteiger partial charge in [0.1, 0.15) is 6.54 Å². The van der Waals surface area contributed by atoms with Crippen LogP contribution in [-0.2, 0) is 9.53 Å². The predicted octanol–water partition coefficient (Wildman–Crippen LogP) is 1.18. The van der Waals surface area contributed by atoms with Crippen molar-refractivity contribution in [3.05, 3.63) is 33.9 Å². The van der Waals surface area contributed by atoms with Gasteiger partial charge < -0.3 is 15.4 Å². The number of urea groups is 1. The minimum atomic E-state index is -4.65. The van der Waals surface area contributed by atoms with Gasteiger partial charge in [-0.25, -0.2) is 9.59 Å². The molecule has 13 heteroatoms. The third-order valence-corrected chi connectivity index (χ3v) is 2.74. The van der Waals surface area contributed by atoms with Crippen LogP contribution >= 0.6 is 0 Å². The molecular formula is C13H13F3N4O6. The normalized spacial score (nSPS) is 10.6. The molecule has 0 atom stereocenters. The first-order valence-corrected chi connectivity index (χ1v) is 6.81. The number of nitrogens with zero attached hydrogens (tertiary/aromatic N) is 1. The Morgan fingerprint density at radius 2 is 1.92 bits per heavy atom. The molecule has 142 valence electrons. The number of anilines is 1. The summed E-state index contributed by atoms with van der Waals surface area (Å²) in [7, 11) is 1.44. The summed E-state index contributed by atoms with van der Waals surface area (Å²) in [5.74, 6) is -2.29. The Morgan fingerprint density at radius 1 is 1.27 bits per heavy atom. The topological polar surface area (TPSA) is 140 Å². The molecule has 0 radical (unpaired) electrons. The monoisotopic (exact) mass is 378 g/mol. The highest BCUT2D eigenvalue weighted by Gasteiger charge is 2.28. The number of hydrogen-bond acceptors (Lipinski definition) is 7. The van der Waals surface area contributed by atoms with E-state index >= 15 is 0 Å². The first-order valence-electron chi connectivity index (χ1n) is 6.81. The number of halogens is 3. The lowest BCUT2D eigenvalue weighted by atomic mass is 10.1. The Kier molecular flexibility index (Phi) is 6.87. The Balaban J connectivity index is 2.63. The zero-order chi connectivity index (χ0) is 19.9. The Labute approximate surface area is 143 Å². The van der Waals surface area contributed by atoms with Crippen molar-refractivity contribution < 1.29 is 37.2 Å². The summed E-state index contributed by atoms with van der Waals surface area (Å²) in [5.41, 5.74) is -0.452. The van der Waals surface area contributed by atoms with Gasteiger partial charge in [-0.15, -0.1) is 0 Å². The fourth-order valence-electron chi connectivity index (χ4n) is 1.63. The second kappa shape index (κ2) is 8.64. The standard InChI is InChI=1S/C13H13F3N4O6/c1-17-9-3-2-7(20(24)25)4-8(9)11(22)26-5-10(21)19-12(23)18-6-13(14,15)16/h2-4,17H,5-6H2,1H3,(H2,18,19,21,23). The number of amides is 3. The second-order valence-electron chi connectivity index (χ2n) is 4.66. The molecule has 26 heavy (non-hydrogen) atoms. The minimum Gasteiger partial charge on any atom is -0.452 e. The van der Waals surface area contributed by atoms with E-state index in [4.69, 9.17) is 0 Å². The third-order valence-electron chi connectivity index (χ3n) is 2.74. The molecule has 0 unspecified atom stereocenters. The van der Waals surface area contributed by atoms with Crippen LogP contribution < -0.4 is 16.0 Å². The van der Waals surface area contributed by atoms with Crippen molar-refractivity contribution in [2.45, 2.75) is 6.18 Å². The summed E-state index contributed by atoms with van der Waals surface area (Å²) in [4.78, 5) is 44.4. The number of non-ortho nitro benzene ring substituents is 1. The van der Waals surface area contributed by atoms with Gasteiger partial charge in [0.15, 0.2) is 6.61 Å². The zero-order valence-corrected chi connectivity index (χ0v) is 13.2. The fraction of sp³-hybridized carbons (Fsp3) is 0.308. The van der Waals surface area contributed by atoms with Gasteiger partial charge in [0.25, 0.3) is 11.6 Å². The number of carbonyl (C=O) groups excluding carboxylic acids is 3. The predicted molar refractivity (Wildman–Crippen MR) is 80.5 cm³/mol. The average molecular weight is 378 g/mol. The van der Waals surface area contributed by atoms with E-state index in [0.29, 0.717) is 0 Å². The van der Waals surface area contributed by atoms with Crippen LogP contribution in [0.25, 0.3) is 0 Å². The number of hydrogen-bond donors (Lipinski definition) is 3. The molecular weight excluding hydrogens is 365 g/mol. The number of imide groups is 1. The number of nitro benzene ring substituents is 1. The van der Waals surface area contributed by atoms with E-state index < -0.39 is 47.8 Å². The van der Waals surface area contributed by atoms with Gasteiger partial charge in [-0.2, -0.15) is 13.2 Å². The molecule has 1 aromatic carbocycles. The molecule has 0 aliphatic rings. The number of nitro groups is 1. The van der Waals surface area contributed by atoms with Gasteiger partial charge in [0.2, 0.25) is 0 Å². The van der Waals surface area contributed by atoms with E-state index in [1.165, 1.54) is 23.7 Å². The van der Waals surface area contributed by atoms with Gasteiger partial charge in [0.05, 0.1) is 10.5 Å². The van der Waals surface area contributed by atoms with Crippen LogP contribution in [0.4, 0.5) is 29.3 Å². The first kappa shape index (κ1) is 20.7. The Bertz CT molecular complexity index is 722. The highest BCUT2D eigenvalue weighted by Crippen LogP contribution is 2.22. The summed E-state index contributed by atoms with van der Waals surface area (Å²) < 4.78 is 40.3. The van der Waals surface area contributed by atoms with E-state index in [1.807, 2.05) is 0 Å². The lowest BCUT2D eigenvalue weighted by Gasteiger charge is -2.10. The number of nitrogens with one attached hydrogen (secondary N) is 3. The lowest BCUT2D eigenvalue weighted by molar-refractivity contribution is -0.384. The van der Waals surface area contributed by atoms with Crippen molar-refractivity contribution in [2.24, 2.45) is 0 Å². The van der Waals surface area contributed by atoms with E-state index in [-0.39, 0.29) is 11.3 Å². The molecule has 0 aliphatic carbocycles. The van der Waals surface area contributed by atoms with Crippen LogP contribution in [0.5, 0.6) is 0 Å². The molecule has 0 fully saturated rings. The van der Waals surface area contributed by atoms with E-state index in [2.05, 4.69) is 10.1 Å². The molecule has 10 nitrogen and oxygen atoms in total. The molecule has 3 N–H and O–H groups in total. The van der Waals surface area contributed by atoms with Crippen molar-refractivity contribution in [2.75, 3.05) is 25.5 Å². The van der Waals surface area contributed by atoms with Crippen LogP contribution in [0.15, 0.2) is 18.2 Å². The van der Waals surface area contributed by atoms with E-state index in [1.54, 1.807) is 0 Å². The van der Waals surface area contributed by atoms with Crippen molar-refractivity contribution in [3.63, 3.8) is 0 Å². The molecule has 1 rings (SSSR count). The summed E-state index contributed by atoms with van der Waals surface area (Å²) >= 11 is 0. The molecule has 0 aromatic heterocycles. The Morgan fingerprint density at radius 3 is 2.46 bits per heavy atom. The summed E-state index contributed by atoms with van der Waals surface area (Å²) in [5, 5.41) is 16.3. The number of benzene rings is 1. The number of esters is 1. The molecule has 3 amide bonds. The Hall–Kier alpha value is -3.38. The van der Waals surface area contributed by atoms with Gasteiger partial charge >= 0.3 is 18.2 Å². The van der Waals surface area contributed by atoms with Crippen molar-refractivity contribution in [1.29, 1.82) is 0 Å². The number of carbonyl (C=O) groups is 3. The third kappa shape index (κ3) is 6.62. The minimum absolute atomic E-state index is 0.184. The van der Waals surface area contributed by atoms with Crippen LogP contribution in [-0.4, -0.2) is 49.2 Å². The van der Waals surface area contributed by atoms with Gasteiger partial charge in [-0.1, -0.05) is 0 Å². The average Bonchev–Trinajstić information content (AvgIpc) is 2.56. The van der Waals surface area contributed by atoms with Crippen LogP contribution in [0.1, 0.15) is 10.4 Å². The van der Waals surface area contributed by atoms with Crippen molar-refractivity contribution in [1.82, 2.24) is 10.6 Å². The summed E-state index contributed by atoms with van der Waals surface area (Å²) in [6, 6.07) is 1.89. The maximum absolute atomic E-state index is 11.9. The molecule has 0 saturated carbocycles. The van der Waals surface area contributed by atoms with Crippen LogP contribution in [0.3, 0.4) is 0 Å². The first-order chi connectivity index (χ1) is 12.0. The van der Waals surface area contributed by atoms with Gasteiger partial charge in [0, 0.05) is 24.9 Å². The lowest BCUT2D eigenvalue weighted by Crippen LogP contribution is -2.44. The quantitative estimate of drug-likeness (QED) is 0.384. The highest BCUT2D eigenvalue weighted by molar-refractivity contribution is 5.99. The molecule has 0 spiro atoms. The summed E-state index contributed by atoms with van der Waals surface area (Å²) in [6.45, 7) is -2.63. The zero-order valence-electron chi connectivity index (χ0n) is 13.2. The highest BCUT2D eigenvalue weighted by atomic mass is 19.4. The van der Waals surface area contributed by atoms with Gasteiger partial charge in [-0.3, -0.25) is 20.2 Å². The van der Waals surface area contributed by atoms with Crippen LogP contribution in [0, 0.1) is 10.1 Å². The molecule has 1 aromatic rings. The maximum Gasteiger partial charge on any atom is 0.405 e. The SMILES string of the molecule is CNc1ccc([N+](=O)[O-])cc1C(=O)OCC(=O)NC(=O)NCC(F)(F)F. The summed E-state index contributed by atoms with van der Waals surface area (Å²) in [6.07, 6.45) is -4.65. The molecule has 0 saturated heterocycles. The van der Waals surface area contributed by atoms with Crippen LogP contribution in [0.2, 0.25) is 0 Å². The largest absolute Gasteiger partial charge is 0.452 e. The maximum atomic E-state index is 11.9. The molecule has 0 heterocycles. The molecule has 0 bridgehead atoms. The van der Waals surface area contributed by atoms with Crippen molar-refractivity contribution >= 4 is 29.3 Å². The van der Waals surface area contributed by atoms with E-state index in [0.717, 1.165) is 12.1 Å². The number of alkyl halides is 3. The number of ether oxygens (including phenoxy) is 1. The van der Waals surface area contributed by atoms with Gasteiger partial charge in [-0.05, 0) is 6.07 Å². The second-order valence-corrected chi connectivity index (χ2v) is 4.66. The number of rotatable bonds is 6.